The van der Waals surface area contributed by atoms with Gasteiger partial charge >= 0.3 is 6.01 Å². The van der Waals surface area contributed by atoms with Gasteiger partial charge < -0.3 is 14.2 Å². The lowest BCUT2D eigenvalue weighted by molar-refractivity contribution is -0.131. The highest BCUT2D eigenvalue weighted by atomic mass is 16.7. The summed E-state index contributed by atoms with van der Waals surface area (Å²) in [4.78, 5) is 13.7. The van der Waals surface area contributed by atoms with Crippen molar-refractivity contribution in [2.75, 3.05) is 28.3 Å². The molecular formula is C15H19N3O4. The molecule has 0 aliphatic rings. The molecule has 0 saturated carbocycles. The van der Waals surface area contributed by atoms with Crippen LogP contribution in [0.15, 0.2) is 30.3 Å². The van der Waals surface area contributed by atoms with Gasteiger partial charge in [0.1, 0.15) is 5.75 Å². The maximum absolute atomic E-state index is 5.75. The standard InChI is InChI=1S/C15H19N3O4/c1-18(2)21-10-11-7-5-6-8-12(11)22-15-16-13(19-3)9-14(17-15)20-4/h5-9H,10H2,1-4H3. The van der Waals surface area contributed by atoms with Gasteiger partial charge in [-0.05, 0) is 6.07 Å². The molecule has 118 valence electrons. The van der Waals surface area contributed by atoms with E-state index in [0.29, 0.717) is 24.1 Å². The fraction of sp³-hybridized carbons (Fsp3) is 0.333. The zero-order valence-electron chi connectivity index (χ0n) is 13.1. The van der Waals surface area contributed by atoms with E-state index in [0.717, 1.165) is 5.56 Å². The number of hydrogen-bond donors (Lipinski definition) is 0. The second-order valence-electron chi connectivity index (χ2n) is 4.53. The van der Waals surface area contributed by atoms with Crippen LogP contribution in [0.25, 0.3) is 0 Å². The third-order valence-electron chi connectivity index (χ3n) is 2.73. The zero-order chi connectivity index (χ0) is 15.9. The number of methoxy groups -OCH3 is 2. The van der Waals surface area contributed by atoms with Gasteiger partial charge in [0.25, 0.3) is 0 Å². The van der Waals surface area contributed by atoms with Crippen LogP contribution in [0.1, 0.15) is 5.56 Å². The lowest BCUT2D eigenvalue weighted by Gasteiger charge is -2.13. The SMILES string of the molecule is COc1cc(OC)nc(Oc2ccccc2CON(C)C)n1. The van der Waals surface area contributed by atoms with Gasteiger partial charge in [-0.2, -0.15) is 15.0 Å². The molecule has 7 nitrogen and oxygen atoms in total. The Balaban J connectivity index is 2.23. The van der Waals surface area contributed by atoms with E-state index in [2.05, 4.69) is 9.97 Å². The van der Waals surface area contributed by atoms with Crippen molar-refractivity contribution in [2.45, 2.75) is 6.61 Å². The molecule has 2 rings (SSSR count). The molecule has 1 heterocycles. The number of para-hydroxylation sites is 1. The highest BCUT2D eigenvalue weighted by molar-refractivity contribution is 5.35. The molecule has 1 aromatic heterocycles. The zero-order valence-corrected chi connectivity index (χ0v) is 13.1. The van der Waals surface area contributed by atoms with Gasteiger partial charge in [0.2, 0.25) is 11.8 Å². The molecule has 7 heteroatoms. The summed E-state index contributed by atoms with van der Waals surface area (Å²) in [6.45, 7) is 0.379. The number of rotatable bonds is 7. The average molecular weight is 305 g/mol. The van der Waals surface area contributed by atoms with Gasteiger partial charge in [0.15, 0.2) is 0 Å². The predicted octanol–water partition coefficient (Wildman–Crippen LogP) is 2.28. The minimum absolute atomic E-state index is 0.147. The first-order chi connectivity index (χ1) is 10.6. The molecule has 1 aromatic carbocycles. The van der Waals surface area contributed by atoms with E-state index in [9.17, 15) is 0 Å². The van der Waals surface area contributed by atoms with Crippen LogP contribution in [-0.4, -0.2) is 43.3 Å². The Labute approximate surface area is 129 Å². The Kier molecular flexibility index (Phi) is 5.51. The van der Waals surface area contributed by atoms with Gasteiger partial charge in [0.05, 0.1) is 26.9 Å². The molecule has 0 radical (unpaired) electrons. The number of benzene rings is 1. The van der Waals surface area contributed by atoms with E-state index in [4.69, 9.17) is 19.0 Å². The topological polar surface area (TPSA) is 65.9 Å². The van der Waals surface area contributed by atoms with E-state index >= 15 is 0 Å². The Morgan fingerprint density at radius 3 is 2.23 bits per heavy atom. The molecule has 0 bridgehead atoms. The van der Waals surface area contributed by atoms with Crippen LogP contribution in [0.2, 0.25) is 0 Å². The van der Waals surface area contributed by atoms with Gasteiger partial charge in [-0.1, -0.05) is 18.2 Å². The predicted molar refractivity (Wildman–Crippen MR) is 80.1 cm³/mol. The van der Waals surface area contributed by atoms with E-state index in [1.807, 2.05) is 38.4 Å². The molecule has 0 N–H and O–H groups in total. The van der Waals surface area contributed by atoms with Crippen LogP contribution in [0, 0.1) is 0 Å². The summed E-state index contributed by atoms with van der Waals surface area (Å²) < 4.78 is 15.9. The molecule has 0 unspecified atom stereocenters. The summed E-state index contributed by atoms with van der Waals surface area (Å²) in [6.07, 6.45) is 0. The normalized spacial score (nSPS) is 10.6. The van der Waals surface area contributed by atoms with Crippen molar-refractivity contribution in [1.29, 1.82) is 0 Å². The first-order valence-corrected chi connectivity index (χ1v) is 6.65. The van der Waals surface area contributed by atoms with Crippen molar-refractivity contribution < 1.29 is 19.0 Å². The first-order valence-electron chi connectivity index (χ1n) is 6.65. The number of ether oxygens (including phenoxy) is 3. The van der Waals surface area contributed by atoms with Crippen LogP contribution >= 0.6 is 0 Å². The van der Waals surface area contributed by atoms with Crippen LogP contribution in [0.5, 0.6) is 23.5 Å². The largest absolute Gasteiger partial charge is 0.481 e. The van der Waals surface area contributed by atoms with Crippen molar-refractivity contribution in [3.05, 3.63) is 35.9 Å². The molecule has 0 amide bonds. The summed E-state index contributed by atoms with van der Waals surface area (Å²) in [5.41, 5.74) is 0.876. The molecule has 0 aliphatic heterocycles. The van der Waals surface area contributed by atoms with Crippen molar-refractivity contribution in [1.82, 2.24) is 15.0 Å². The van der Waals surface area contributed by atoms with Crippen molar-refractivity contribution in [3.63, 3.8) is 0 Å². The Morgan fingerprint density at radius 2 is 1.64 bits per heavy atom. The van der Waals surface area contributed by atoms with Crippen molar-refractivity contribution in [3.8, 4) is 23.5 Å². The number of aromatic nitrogens is 2. The maximum Gasteiger partial charge on any atom is 0.328 e. The Bertz CT molecular complexity index is 597. The summed E-state index contributed by atoms with van der Waals surface area (Å²) in [5, 5.41) is 1.63. The lowest BCUT2D eigenvalue weighted by atomic mass is 10.2. The maximum atomic E-state index is 5.75. The molecule has 0 aliphatic carbocycles. The monoisotopic (exact) mass is 305 g/mol. The third-order valence-corrected chi connectivity index (χ3v) is 2.73. The molecule has 0 saturated heterocycles. The minimum Gasteiger partial charge on any atom is -0.481 e. The first kappa shape index (κ1) is 16.0. The highest BCUT2D eigenvalue weighted by Gasteiger charge is 2.10. The van der Waals surface area contributed by atoms with Gasteiger partial charge in [-0.3, -0.25) is 4.84 Å². The fourth-order valence-corrected chi connectivity index (χ4v) is 1.66. The minimum atomic E-state index is 0.147. The van der Waals surface area contributed by atoms with E-state index in [1.165, 1.54) is 14.2 Å². The van der Waals surface area contributed by atoms with Crippen molar-refractivity contribution >= 4 is 0 Å². The Morgan fingerprint density at radius 1 is 1.00 bits per heavy atom. The molecule has 0 fully saturated rings. The van der Waals surface area contributed by atoms with Gasteiger partial charge in [0, 0.05) is 19.7 Å². The van der Waals surface area contributed by atoms with Gasteiger partial charge in [-0.25, -0.2) is 0 Å². The second-order valence-corrected chi connectivity index (χ2v) is 4.53. The summed E-state index contributed by atoms with van der Waals surface area (Å²) in [5.74, 6) is 1.34. The quantitative estimate of drug-likeness (QED) is 0.727. The van der Waals surface area contributed by atoms with Crippen LogP contribution in [-0.2, 0) is 11.4 Å². The average Bonchev–Trinajstić information content (AvgIpc) is 2.53. The molecule has 22 heavy (non-hydrogen) atoms. The van der Waals surface area contributed by atoms with E-state index < -0.39 is 0 Å². The lowest BCUT2D eigenvalue weighted by Crippen LogP contribution is -2.12. The Hall–Kier alpha value is -2.38. The molecular weight excluding hydrogens is 286 g/mol. The molecule has 0 atom stereocenters. The summed E-state index contributed by atoms with van der Waals surface area (Å²) >= 11 is 0. The fourth-order valence-electron chi connectivity index (χ4n) is 1.66. The second kappa shape index (κ2) is 7.58. The van der Waals surface area contributed by atoms with Gasteiger partial charge in [-0.15, -0.1) is 0 Å². The molecule has 0 spiro atoms. The number of hydrogen-bond acceptors (Lipinski definition) is 7. The van der Waals surface area contributed by atoms with Crippen LogP contribution in [0.4, 0.5) is 0 Å². The van der Waals surface area contributed by atoms with Crippen LogP contribution in [0.3, 0.4) is 0 Å². The third kappa shape index (κ3) is 4.31. The van der Waals surface area contributed by atoms with Crippen LogP contribution < -0.4 is 14.2 Å². The number of nitrogens with zero attached hydrogens (tertiary/aromatic N) is 3. The van der Waals surface area contributed by atoms with E-state index in [-0.39, 0.29) is 6.01 Å². The number of hydroxylamine groups is 2. The highest BCUT2D eigenvalue weighted by Crippen LogP contribution is 2.26. The summed E-state index contributed by atoms with van der Waals surface area (Å²) in [7, 11) is 6.67. The van der Waals surface area contributed by atoms with Crippen molar-refractivity contribution in [2.24, 2.45) is 0 Å². The molecule has 2 aromatic rings. The smallest absolute Gasteiger partial charge is 0.328 e. The van der Waals surface area contributed by atoms with E-state index in [1.54, 1.807) is 11.1 Å². The summed E-state index contributed by atoms with van der Waals surface area (Å²) in [6, 6.07) is 9.24.